The number of halogens is 2. The van der Waals surface area contributed by atoms with Crippen molar-refractivity contribution in [2.75, 3.05) is 5.32 Å². The van der Waals surface area contributed by atoms with E-state index in [4.69, 9.17) is 4.52 Å². The molecule has 0 fully saturated rings. The Hall–Kier alpha value is -2.68. The van der Waals surface area contributed by atoms with E-state index in [1.54, 1.807) is 27.0 Å². The molecule has 0 saturated heterocycles. The van der Waals surface area contributed by atoms with Gasteiger partial charge in [-0.15, -0.1) is 0 Å². The molecule has 0 aliphatic carbocycles. The first-order chi connectivity index (χ1) is 11.8. The minimum Gasteiger partial charge on any atom is -0.348 e. The summed E-state index contributed by atoms with van der Waals surface area (Å²) >= 11 is 3.13. The average molecular weight is 409 g/mol. The second kappa shape index (κ2) is 6.32. The maximum absolute atomic E-state index is 14.1. The Morgan fingerprint density at radius 2 is 2.00 bits per heavy atom. The molecule has 0 unspecified atom stereocenters. The molecule has 2 aromatic heterocycles. The molecule has 130 valence electrons. The Bertz CT molecular complexity index is 1030. The van der Waals surface area contributed by atoms with Crippen LogP contribution in [0.5, 0.6) is 0 Å². The van der Waals surface area contributed by atoms with Gasteiger partial charge in [-0.25, -0.2) is 9.07 Å². The summed E-state index contributed by atoms with van der Waals surface area (Å²) in [5.41, 5.74) is 0.654. The molecule has 3 rings (SSSR count). The van der Waals surface area contributed by atoms with Crippen molar-refractivity contribution in [1.29, 1.82) is 0 Å². The van der Waals surface area contributed by atoms with Gasteiger partial charge in [-0.3, -0.25) is 14.3 Å². The minimum atomic E-state index is -0.585. The second-order valence-corrected chi connectivity index (χ2v) is 6.16. The van der Waals surface area contributed by atoms with Crippen LogP contribution in [0.25, 0.3) is 5.69 Å². The van der Waals surface area contributed by atoms with Crippen LogP contribution in [-0.4, -0.2) is 20.4 Å². The summed E-state index contributed by atoms with van der Waals surface area (Å²) < 4.78 is 21.9. The lowest BCUT2D eigenvalue weighted by Gasteiger charge is -2.08. The number of nitrogens with zero attached hydrogens (tertiary/aromatic N) is 3. The van der Waals surface area contributed by atoms with Crippen LogP contribution in [-0.2, 0) is 7.05 Å². The van der Waals surface area contributed by atoms with Gasteiger partial charge in [0, 0.05) is 12.6 Å². The van der Waals surface area contributed by atoms with Gasteiger partial charge in [0.05, 0.1) is 5.69 Å². The molecule has 1 aromatic carbocycles. The van der Waals surface area contributed by atoms with Gasteiger partial charge < -0.3 is 9.84 Å². The SMILES string of the molecule is Cc1c(C(=O)Nc2c(C)n(C)n(-c3ccccc3F)c2=O)noc1Br. The van der Waals surface area contributed by atoms with E-state index in [9.17, 15) is 14.0 Å². The maximum Gasteiger partial charge on any atom is 0.295 e. The van der Waals surface area contributed by atoms with Crippen LogP contribution in [0.3, 0.4) is 0 Å². The Balaban J connectivity index is 2.06. The van der Waals surface area contributed by atoms with Crippen molar-refractivity contribution >= 4 is 27.5 Å². The first-order valence-electron chi connectivity index (χ1n) is 7.29. The van der Waals surface area contributed by atoms with Crippen LogP contribution in [0.4, 0.5) is 10.1 Å². The summed E-state index contributed by atoms with van der Waals surface area (Å²) in [6, 6.07) is 5.91. The summed E-state index contributed by atoms with van der Waals surface area (Å²) in [5, 5.41) is 6.20. The quantitative estimate of drug-likeness (QED) is 0.721. The lowest BCUT2D eigenvalue weighted by molar-refractivity contribution is 0.101. The van der Waals surface area contributed by atoms with Crippen molar-refractivity contribution in [3.63, 3.8) is 0 Å². The van der Waals surface area contributed by atoms with Crippen molar-refractivity contribution in [3.05, 3.63) is 62.1 Å². The highest BCUT2D eigenvalue weighted by Gasteiger charge is 2.23. The molecule has 0 atom stereocenters. The molecule has 0 bridgehead atoms. The third-order valence-electron chi connectivity index (χ3n) is 3.95. The maximum atomic E-state index is 14.1. The topological polar surface area (TPSA) is 82.1 Å². The molecule has 1 amide bonds. The number of anilines is 1. The summed E-state index contributed by atoms with van der Waals surface area (Å²) in [6.45, 7) is 3.31. The van der Waals surface area contributed by atoms with Crippen molar-refractivity contribution in [2.24, 2.45) is 7.05 Å². The third kappa shape index (κ3) is 2.80. The monoisotopic (exact) mass is 408 g/mol. The zero-order valence-electron chi connectivity index (χ0n) is 13.6. The largest absolute Gasteiger partial charge is 0.348 e. The number of amides is 1. The van der Waals surface area contributed by atoms with Gasteiger partial charge in [0.25, 0.3) is 11.5 Å². The number of para-hydroxylation sites is 1. The smallest absolute Gasteiger partial charge is 0.295 e. The van der Waals surface area contributed by atoms with Crippen molar-refractivity contribution < 1.29 is 13.7 Å². The third-order valence-corrected chi connectivity index (χ3v) is 4.69. The molecule has 0 aliphatic heterocycles. The van der Waals surface area contributed by atoms with Gasteiger partial charge in [0.2, 0.25) is 4.67 Å². The molecule has 0 radical (unpaired) electrons. The fourth-order valence-electron chi connectivity index (χ4n) is 2.45. The number of carbonyl (C=O) groups is 1. The zero-order valence-corrected chi connectivity index (χ0v) is 15.2. The first kappa shape index (κ1) is 17.2. The molecule has 2 heterocycles. The standard InChI is InChI=1S/C16H14BrFN4O3/c1-8-12(20-25-14(8)17)15(23)19-13-9(2)21(3)22(16(13)24)11-7-5-4-6-10(11)18/h4-7H,1-3H3,(H,19,23). The molecule has 7 nitrogen and oxygen atoms in total. The van der Waals surface area contributed by atoms with Crippen LogP contribution >= 0.6 is 15.9 Å². The van der Waals surface area contributed by atoms with Gasteiger partial charge >= 0.3 is 0 Å². The predicted octanol–water partition coefficient (Wildman–Crippen LogP) is 2.93. The van der Waals surface area contributed by atoms with E-state index >= 15 is 0 Å². The van der Waals surface area contributed by atoms with Gasteiger partial charge in [-0.2, -0.15) is 0 Å². The van der Waals surface area contributed by atoms with Crippen LogP contribution in [0.1, 0.15) is 21.7 Å². The average Bonchev–Trinajstić information content (AvgIpc) is 3.01. The highest BCUT2D eigenvalue weighted by Crippen LogP contribution is 2.21. The van der Waals surface area contributed by atoms with Crippen LogP contribution < -0.4 is 10.9 Å². The van der Waals surface area contributed by atoms with Gasteiger partial charge in [0.1, 0.15) is 17.2 Å². The summed E-state index contributed by atoms with van der Waals surface area (Å²) in [4.78, 5) is 25.1. The molecule has 3 aromatic rings. The van der Waals surface area contributed by atoms with Crippen LogP contribution in [0.2, 0.25) is 0 Å². The van der Waals surface area contributed by atoms with E-state index < -0.39 is 17.3 Å². The van der Waals surface area contributed by atoms with Crippen LogP contribution in [0, 0.1) is 19.7 Å². The molecule has 1 N–H and O–H groups in total. The highest BCUT2D eigenvalue weighted by atomic mass is 79.9. The van der Waals surface area contributed by atoms with Gasteiger partial charge in [-0.05, 0) is 41.9 Å². The Kier molecular flexibility index (Phi) is 4.34. The summed E-state index contributed by atoms with van der Waals surface area (Å²) in [7, 11) is 1.61. The lowest BCUT2D eigenvalue weighted by Crippen LogP contribution is -2.24. The molecular formula is C16H14BrFN4O3. The first-order valence-corrected chi connectivity index (χ1v) is 8.08. The predicted molar refractivity (Wildman–Crippen MR) is 92.6 cm³/mol. The molecule has 0 saturated carbocycles. The van der Waals surface area contributed by atoms with E-state index in [1.165, 1.54) is 22.9 Å². The highest BCUT2D eigenvalue weighted by molar-refractivity contribution is 9.10. The molecular weight excluding hydrogens is 395 g/mol. The Morgan fingerprint density at radius 1 is 1.32 bits per heavy atom. The minimum absolute atomic E-state index is 0.0503. The number of carbonyl (C=O) groups excluding carboxylic acids is 1. The van der Waals surface area contributed by atoms with E-state index in [2.05, 4.69) is 26.4 Å². The number of rotatable bonds is 3. The number of aromatic nitrogens is 3. The lowest BCUT2D eigenvalue weighted by atomic mass is 10.2. The summed E-state index contributed by atoms with van der Waals surface area (Å²) in [5.74, 6) is -1.13. The van der Waals surface area contributed by atoms with E-state index in [0.29, 0.717) is 15.9 Å². The van der Waals surface area contributed by atoms with E-state index in [1.807, 2.05) is 0 Å². The molecule has 9 heteroatoms. The number of hydrogen-bond donors (Lipinski definition) is 1. The summed E-state index contributed by atoms with van der Waals surface area (Å²) in [6.07, 6.45) is 0. The van der Waals surface area contributed by atoms with Gasteiger partial charge in [-0.1, -0.05) is 17.3 Å². The molecule has 0 aliphatic rings. The molecule has 25 heavy (non-hydrogen) atoms. The normalized spacial score (nSPS) is 10.9. The molecule has 0 spiro atoms. The Labute approximate surface area is 150 Å². The second-order valence-electron chi connectivity index (χ2n) is 5.44. The number of hydrogen-bond acceptors (Lipinski definition) is 4. The van der Waals surface area contributed by atoms with Crippen molar-refractivity contribution in [2.45, 2.75) is 13.8 Å². The van der Waals surface area contributed by atoms with Gasteiger partial charge in [0.15, 0.2) is 5.69 Å². The fourth-order valence-corrected chi connectivity index (χ4v) is 2.71. The zero-order chi connectivity index (χ0) is 18.3. The number of benzene rings is 1. The van der Waals surface area contributed by atoms with Crippen molar-refractivity contribution in [3.8, 4) is 5.69 Å². The van der Waals surface area contributed by atoms with Crippen molar-refractivity contribution in [1.82, 2.24) is 14.5 Å². The van der Waals surface area contributed by atoms with Crippen LogP contribution in [0.15, 0.2) is 38.3 Å². The van der Waals surface area contributed by atoms with E-state index in [0.717, 1.165) is 4.68 Å². The Morgan fingerprint density at radius 3 is 2.60 bits per heavy atom. The fraction of sp³-hybridized carbons (Fsp3) is 0.188. The van der Waals surface area contributed by atoms with E-state index in [-0.39, 0.29) is 17.1 Å². The number of nitrogens with one attached hydrogen (secondary N) is 1.